The Bertz CT molecular complexity index is 873. The Morgan fingerprint density at radius 3 is 1.73 bits per heavy atom. The molecule has 0 aliphatic heterocycles. The highest BCUT2D eigenvalue weighted by Gasteiger charge is 2.83. The maximum absolute atomic E-state index is 14.7. The molecule has 18 heteroatoms. The number of carbonyl (C=O) groups excluding carboxylic acids is 1. The van der Waals surface area contributed by atoms with Crippen molar-refractivity contribution < 1.29 is 79.0 Å². The van der Waals surface area contributed by atoms with Crippen LogP contribution in [0.25, 0.3) is 0 Å². The lowest BCUT2D eigenvalue weighted by Crippen LogP contribution is -2.67. The van der Waals surface area contributed by atoms with Crippen molar-refractivity contribution in [3.8, 4) is 0 Å². The molecule has 1 aliphatic carbocycles. The van der Waals surface area contributed by atoms with Gasteiger partial charge in [-0.2, -0.15) is 52.7 Å². The summed E-state index contributed by atoms with van der Waals surface area (Å²) in [6.07, 6.45) is -25.5. The van der Waals surface area contributed by atoms with Crippen LogP contribution in [0.5, 0.6) is 0 Å². The topological polar surface area (TPSA) is 113 Å². The summed E-state index contributed by atoms with van der Waals surface area (Å²) >= 11 is 0. The lowest BCUT2D eigenvalue weighted by atomic mass is 9.71. The Kier molecular flexibility index (Phi) is 11.4. The Morgan fingerprint density at radius 1 is 0.850 bits per heavy atom. The van der Waals surface area contributed by atoms with E-state index >= 15 is 0 Å². The van der Waals surface area contributed by atoms with Gasteiger partial charge in [0.15, 0.2) is 5.54 Å². The Balaban J connectivity index is 0.0000160. The molecule has 0 spiro atoms. The van der Waals surface area contributed by atoms with Crippen molar-refractivity contribution in [2.75, 3.05) is 0 Å². The van der Waals surface area contributed by atoms with Gasteiger partial charge in [0.25, 0.3) is 0 Å². The first-order chi connectivity index (χ1) is 17.9. The van der Waals surface area contributed by atoms with Crippen LogP contribution >= 0.6 is 0 Å². The summed E-state index contributed by atoms with van der Waals surface area (Å²) in [4.78, 5) is 12.2. The van der Waals surface area contributed by atoms with E-state index in [1.807, 2.05) is 0 Å². The van der Waals surface area contributed by atoms with E-state index in [0.717, 1.165) is 0 Å². The summed E-state index contributed by atoms with van der Waals surface area (Å²) < 4.78 is 166. The molecule has 0 amide bonds. The van der Waals surface area contributed by atoms with Crippen LogP contribution in [0.15, 0.2) is 12.8 Å². The molecule has 1 fully saturated rings. The third-order valence-corrected chi connectivity index (χ3v) is 6.92. The SMILES string of the molecule is C=COC(=O)C(N)(CC(F)(F)F)C(O)C(O)C1CCCCCCCC1C(O)C(F)(F)C(F)(F)C(F)(F)C(F)(F)F.[HH]. The molecule has 1 aliphatic rings. The van der Waals surface area contributed by atoms with Gasteiger partial charge in [-0.15, -0.1) is 0 Å². The van der Waals surface area contributed by atoms with Crippen molar-refractivity contribution in [2.45, 2.75) is 105 Å². The van der Waals surface area contributed by atoms with Gasteiger partial charge in [-0.3, -0.25) is 0 Å². The zero-order chi connectivity index (χ0) is 31.5. The first kappa shape index (κ1) is 36.2. The van der Waals surface area contributed by atoms with Crippen molar-refractivity contribution in [1.82, 2.24) is 0 Å². The third kappa shape index (κ3) is 7.34. The Labute approximate surface area is 221 Å². The number of hydrogen-bond acceptors (Lipinski definition) is 6. The number of ether oxygens (including phenoxy) is 1. The first-order valence-electron chi connectivity index (χ1n) is 11.8. The van der Waals surface area contributed by atoms with Crippen LogP contribution in [0.2, 0.25) is 0 Å². The van der Waals surface area contributed by atoms with Gasteiger partial charge < -0.3 is 25.8 Å². The van der Waals surface area contributed by atoms with Gasteiger partial charge in [-0.1, -0.05) is 38.7 Å². The van der Waals surface area contributed by atoms with E-state index in [0.29, 0.717) is 12.7 Å². The molecule has 0 saturated heterocycles. The van der Waals surface area contributed by atoms with Crippen LogP contribution in [0.3, 0.4) is 0 Å². The summed E-state index contributed by atoms with van der Waals surface area (Å²) in [6, 6.07) is 0. The second-order valence-electron chi connectivity index (χ2n) is 9.73. The molecule has 6 atom stereocenters. The molecule has 0 aromatic carbocycles. The Hall–Kier alpha value is -1.79. The molecular weight excluding hydrogens is 586 g/mol. The largest absolute Gasteiger partial charge is 0.460 e. The molecule has 6 nitrogen and oxygen atoms in total. The molecule has 1 rings (SSSR count). The summed E-state index contributed by atoms with van der Waals surface area (Å²) in [6.45, 7) is 2.91. The van der Waals surface area contributed by atoms with E-state index in [1.54, 1.807) is 0 Å². The van der Waals surface area contributed by atoms with Crippen LogP contribution in [-0.4, -0.2) is 75.3 Å². The minimum absolute atomic E-state index is 0. The highest BCUT2D eigenvalue weighted by atomic mass is 19.4. The van der Waals surface area contributed by atoms with Crippen LogP contribution in [-0.2, 0) is 9.53 Å². The number of nitrogens with two attached hydrogens (primary N) is 1. The normalized spacial score (nSPS) is 24.5. The van der Waals surface area contributed by atoms with Gasteiger partial charge in [-0.25, -0.2) is 4.79 Å². The number of esters is 1. The molecule has 0 heterocycles. The number of carbonyl (C=O) groups is 1. The van der Waals surface area contributed by atoms with Crippen LogP contribution in [0, 0.1) is 11.8 Å². The predicted molar refractivity (Wildman–Crippen MR) is 114 cm³/mol. The van der Waals surface area contributed by atoms with Gasteiger partial charge in [-0.05, 0) is 24.7 Å². The van der Waals surface area contributed by atoms with Crippen molar-refractivity contribution in [3.05, 3.63) is 12.8 Å². The zero-order valence-corrected chi connectivity index (χ0v) is 20.6. The average Bonchev–Trinajstić information content (AvgIpc) is 2.92. The quantitative estimate of drug-likeness (QED) is 0.154. The predicted octanol–water partition coefficient (Wildman–Crippen LogP) is 5.10. The lowest BCUT2D eigenvalue weighted by Gasteiger charge is -2.43. The lowest BCUT2D eigenvalue weighted by molar-refractivity contribution is -0.409. The summed E-state index contributed by atoms with van der Waals surface area (Å²) in [5.41, 5.74) is 1.88. The van der Waals surface area contributed by atoms with E-state index in [9.17, 15) is 72.8 Å². The van der Waals surface area contributed by atoms with Crippen molar-refractivity contribution >= 4 is 5.97 Å². The van der Waals surface area contributed by atoms with E-state index < -0.39 is 91.0 Å². The van der Waals surface area contributed by atoms with E-state index in [4.69, 9.17) is 5.73 Å². The minimum atomic E-state index is -7.34. The van der Waals surface area contributed by atoms with Crippen molar-refractivity contribution in [3.63, 3.8) is 0 Å². The molecule has 0 bridgehead atoms. The molecule has 0 aromatic heterocycles. The highest BCUT2D eigenvalue weighted by Crippen LogP contribution is 2.56. The van der Waals surface area contributed by atoms with Gasteiger partial charge in [0, 0.05) is 1.43 Å². The first-order valence-corrected chi connectivity index (χ1v) is 11.8. The Morgan fingerprint density at radius 2 is 1.30 bits per heavy atom. The zero-order valence-electron chi connectivity index (χ0n) is 20.6. The van der Waals surface area contributed by atoms with Gasteiger partial charge in [0.05, 0.1) is 18.8 Å². The average molecular weight is 617 g/mol. The van der Waals surface area contributed by atoms with Crippen LogP contribution < -0.4 is 5.73 Å². The molecule has 40 heavy (non-hydrogen) atoms. The fourth-order valence-electron chi connectivity index (χ4n) is 4.73. The van der Waals surface area contributed by atoms with Gasteiger partial charge in [0.2, 0.25) is 0 Å². The summed E-state index contributed by atoms with van der Waals surface area (Å²) in [5, 5.41) is 31.6. The number of rotatable bonds is 10. The number of alkyl halides is 12. The number of aliphatic hydroxyl groups excluding tert-OH is 3. The maximum Gasteiger partial charge on any atom is 0.460 e. The molecular formula is C22H31F12NO5. The molecule has 5 N–H and O–H groups in total. The monoisotopic (exact) mass is 617 g/mol. The van der Waals surface area contributed by atoms with E-state index in [-0.39, 0.29) is 27.1 Å². The van der Waals surface area contributed by atoms with Crippen molar-refractivity contribution in [2.24, 2.45) is 17.6 Å². The number of halogens is 12. The smallest absolute Gasteiger partial charge is 0.434 e. The second-order valence-corrected chi connectivity index (χ2v) is 9.73. The molecule has 6 unspecified atom stereocenters. The fourth-order valence-corrected chi connectivity index (χ4v) is 4.73. The van der Waals surface area contributed by atoms with E-state index in [1.165, 1.54) is 0 Å². The number of hydrogen-bond donors (Lipinski definition) is 4. The standard InChI is InChI=1S/C22H29F12NO5.H2/c1-2-40-16(39)17(35,10-18(23,24)25)15(38)13(36)11-8-6-4-3-5-7-9-12(11)14(37)19(26,27)20(28,29)21(30,31)22(32,33)34;/h2,11-15,36-38H,1,3-10,35H2;1H. The minimum Gasteiger partial charge on any atom is -0.434 e. The highest BCUT2D eigenvalue weighted by molar-refractivity contribution is 5.82. The van der Waals surface area contributed by atoms with Crippen molar-refractivity contribution in [1.29, 1.82) is 0 Å². The molecule has 238 valence electrons. The molecule has 0 radical (unpaired) electrons. The van der Waals surface area contributed by atoms with Crippen LogP contribution in [0.4, 0.5) is 52.7 Å². The second kappa shape index (κ2) is 12.6. The van der Waals surface area contributed by atoms with Gasteiger partial charge >= 0.3 is 36.1 Å². The summed E-state index contributed by atoms with van der Waals surface area (Å²) in [7, 11) is 0. The molecule has 0 aromatic rings. The third-order valence-electron chi connectivity index (χ3n) is 6.92. The summed E-state index contributed by atoms with van der Waals surface area (Å²) in [5.74, 6) is -27.7. The maximum atomic E-state index is 14.7. The van der Waals surface area contributed by atoms with E-state index in [2.05, 4.69) is 11.3 Å². The van der Waals surface area contributed by atoms with Gasteiger partial charge in [0.1, 0.15) is 12.2 Å². The fraction of sp³-hybridized carbons (Fsp3) is 0.864. The van der Waals surface area contributed by atoms with Crippen LogP contribution in [0.1, 0.15) is 52.8 Å². The number of aliphatic hydroxyl groups is 3. The molecule has 1 saturated carbocycles.